The molecule has 0 bridgehead atoms. The number of aryl methyl sites for hydroxylation is 1. The zero-order chi connectivity index (χ0) is 23.4. The molecule has 11 heteroatoms. The van der Waals surface area contributed by atoms with Crippen molar-refractivity contribution in [2.45, 2.75) is 30.6 Å². The van der Waals surface area contributed by atoms with Crippen LogP contribution in [0.4, 0.5) is 5.69 Å². The summed E-state index contributed by atoms with van der Waals surface area (Å²) in [6, 6.07) is 4.36. The van der Waals surface area contributed by atoms with E-state index in [2.05, 4.69) is 5.32 Å². The molecule has 4 rings (SSSR count). The molecule has 2 heterocycles. The molecule has 1 N–H and O–H groups in total. The molecule has 1 fully saturated rings. The maximum Gasteiger partial charge on any atom is 0.339 e. The number of fused-ring (bicyclic) bond motifs is 1. The predicted molar refractivity (Wildman–Crippen MR) is 122 cm³/mol. The Bertz CT molecular complexity index is 1140. The Balaban J connectivity index is 1.42. The van der Waals surface area contributed by atoms with Gasteiger partial charge in [0.25, 0.3) is 5.91 Å². The minimum atomic E-state index is -3.83. The van der Waals surface area contributed by atoms with Crippen LogP contribution in [0, 0.1) is 0 Å². The number of benzene rings is 1. The molecule has 33 heavy (non-hydrogen) atoms. The molecule has 0 unspecified atom stereocenters. The SMILES string of the molecule is COc1ccc(NC(=O)COC(=O)c2csc3c2CCCC3)cc1S(=O)(=O)N1CCOCC1. The van der Waals surface area contributed by atoms with Gasteiger partial charge in [0, 0.05) is 29.0 Å². The topological polar surface area (TPSA) is 111 Å². The van der Waals surface area contributed by atoms with E-state index in [-0.39, 0.29) is 29.4 Å². The van der Waals surface area contributed by atoms with E-state index in [4.69, 9.17) is 14.2 Å². The summed E-state index contributed by atoms with van der Waals surface area (Å²) in [6.45, 7) is 0.642. The fraction of sp³-hybridized carbons (Fsp3) is 0.455. The number of anilines is 1. The smallest absolute Gasteiger partial charge is 0.339 e. The van der Waals surface area contributed by atoms with Gasteiger partial charge in [0.05, 0.1) is 25.9 Å². The number of thiophene rings is 1. The lowest BCUT2D eigenvalue weighted by Gasteiger charge is -2.26. The fourth-order valence-electron chi connectivity index (χ4n) is 3.95. The van der Waals surface area contributed by atoms with E-state index in [9.17, 15) is 18.0 Å². The fourth-order valence-corrected chi connectivity index (χ4v) is 6.66. The normalized spacial score (nSPS) is 16.6. The van der Waals surface area contributed by atoms with Crippen molar-refractivity contribution in [2.24, 2.45) is 0 Å². The lowest BCUT2D eigenvalue weighted by molar-refractivity contribution is -0.119. The number of hydrogen-bond acceptors (Lipinski definition) is 8. The maximum atomic E-state index is 13.1. The Hall–Kier alpha value is -2.47. The Kier molecular flexibility index (Phi) is 7.32. The van der Waals surface area contributed by atoms with E-state index in [1.807, 2.05) is 0 Å². The van der Waals surface area contributed by atoms with Gasteiger partial charge in [0.1, 0.15) is 10.6 Å². The van der Waals surface area contributed by atoms with Crippen molar-refractivity contribution in [3.8, 4) is 5.75 Å². The number of amides is 1. The van der Waals surface area contributed by atoms with E-state index in [0.29, 0.717) is 18.8 Å². The lowest BCUT2D eigenvalue weighted by atomic mass is 9.96. The third-order valence-corrected chi connectivity index (χ3v) is 8.66. The summed E-state index contributed by atoms with van der Waals surface area (Å²) < 4.78 is 43.2. The van der Waals surface area contributed by atoms with Gasteiger partial charge in [-0.3, -0.25) is 4.79 Å². The number of rotatable bonds is 7. The first-order chi connectivity index (χ1) is 15.9. The van der Waals surface area contributed by atoms with Gasteiger partial charge in [0.15, 0.2) is 6.61 Å². The number of nitrogens with zero attached hydrogens (tertiary/aromatic N) is 1. The summed E-state index contributed by atoms with van der Waals surface area (Å²) in [5.41, 5.74) is 1.83. The third-order valence-electron chi connectivity index (χ3n) is 5.65. The molecule has 1 aromatic carbocycles. The summed E-state index contributed by atoms with van der Waals surface area (Å²) in [5.74, 6) is -0.907. The number of nitrogens with one attached hydrogen (secondary N) is 1. The highest BCUT2D eigenvalue weighted by Gasteiger charge is 2.30. The molecule has 0 radical (unpaired) electrons. The second-order valence-electron chi connectivity index (χ2n) is 7.76. The van der Waals surface area contributed by atoms with Gasteiger partial charge in [-0.1, -0.05) is 0 Å². The average Bonchev–Trinajstić information content (AvgIpc) is 3.27. The molecule has 0 atom stereocenters. The molecule has 178 valence electrons. The standard InChI is InChI=1S/C22H26N2O7S2/c1-29-18-7-6-15(12-20(18)33(27,28)24-8-10-30-11-9-24)23-21(25)13-31-22(26)17-14-32-19-5-3-2-4-16(17)19/h6-7,12,14H,2-5,8-11,13H2,1H3,(H,23,25). The quantitative estimate of drug-likeness (QED) is 0.589. The zero-order valence-electron chi connectivity index (χ0n) is 18.3. The second-order valence-corrected chi connectivity index (χ2v) is 10.6. The molecule has 9 nitrogen and oxygen atoms in total. The monoisotopic (exact) mass is 494 g/mol. The minimum Gasteiger partial charge on any atom is -0.495 e. The van der Waals surface area contributed by atoms with Crippen molar-refractivity contribution in [1.82, 2.24) is 4.31 Å². The first kappa shape index (κ1) is 23.7. The van der Waals surface area contributed by atoms with Crippen LogP contribution in [0.5, 0.6) is 5.75 Å². The molecule has 2 aliphatic rings. The number of hydrogen-bond donors (Lipinski definition) is 1. The van der Waals surface area contributed by atoms with Crippen LogP contribution in [-0.2, 0) is 37.1 Å². The van der Waals surface area contributed by atoms with Gasteiger partial charge in [-0.15, -0.1) is 11.3 Å². The highest BCUT2D eigenvalue weighted by molar-refractivity contribution is 7.89. The van der Waals surface area contributed by atoms with Crippen molar-refractivity contribution < 1.29 is 32.2 Å². The Labute approximate surface area is 196 Å². The summed E-state index contributed by atoms with van der Waals surface area (Å²) in [7, 11) is -2.45. The van der Waals surface area contributed by atoms with E-state index in [0.717, 1.165) is 31.2 Å². The van der Waals surface area contributed by atoms with Crippen LogP contribution in [0.2, 0.25) is 0 Å². The molecular weight excluding hydrogens is 468 g/mol. The molecular formula is C22H26N2O7S2. The van der Waals surface area contributed by atoms with Crippen molar-refractivity contribution in [2.75, 3.05) is 45.3 Å². The van der Waals surface area contributed by atoms with Crippen molar-refractivity contribution in [3.05, 3.63) is 39.6 Å². The zero-order valence-corrected chi connectivity index (χ0v) is 19.9. The average molecular weight is 495 g/mol. The number of carbonyl (C=O) groups is 2. The van der Waals surface area contributed by atoms with E-state index in [1.54, 1.807) is 16.7 Å². The minimum absolute atomic E-state index is 0.0494. The molecule has 1 saturated heterocycles. The number of carbonyl (C=O) groups excluding carboxylic acids is 2. The first-order valence-corrected chi connectivity index (χ1v) is 13.0. The Morgan fingerprint density at radius 2 is 1.94 bits per heavy atom. The highest BCUT2D eigenvalue weighted by Crippen LogP contribution is 2.31. The lowest BCUT2D eigenvalue weighted by Crippen LogP contribution is -2.40. The van der Waals surface area contributed by atoms with Crippen LogP contribution in [-0.4, -0.2) is 64.6 Å². The van der Waals surface area contributed by atoms with Crippen molar-refractivity contribution in [3.63, 3.8) is 0 Å². The van der Waals surface area contributed by atoms with Gasteiger partial charge in [0.2, 0.25) is 10.0 Å². The number of esters is 1. The van der Waals surface area contributed by atoms with E-state index in [1.165, 1.54) is 34.5 Å². The highest BCUT2D eigenvalue weighted by atomic mass is 32.2. The van der Waals surface area contributed by atoms with Crippen molar-refractivity contribution >= 4 is 38.9 Å². The Morgan fingerprint density at radius 1 is 1.18 bits per heavy atom. The van der Waals surface area contributed by atoms with Gasteiger partial charge in [-0.25, -0.2) is 13.2 Å². The number of methoxy groups -OCH3 is 1. The van der Waals surface area contributed by atoms with Crippen LogP contribution in [0.25, 0.3) is 0 Å². The summed E-state index contributed by atoms with van der Waals surface area (Å²) in [5, 5.41) is 4.39. The van der Waals surface area contributed by atoms with Crippen molar-refractivity contribution in [1.29, 1.82) is 0 Å². The van der Waals surface area contributed by atoms with Crippen LogP contribution in [0.1, 0.15) is 33.6 Å². The molecule has 2 aromatic rings. The molecule has 1 aliphatic heterocycles. The number of sulfonamides is 1. The predicted octanol–water partition coefficient (Wildman–Crippen LogP) is 2.45. The van der Waals surface area contributed by atoms with Crippen LogP contribution in [0.3, 0.4) is 0 Å². The van der Waals surface area contributed by atoms with Crippen LogP contribution in [0.15, 0.2) is 28.5 Å². The van der Waals surface area contributed by atoms with Crippen LogP contribution >= 0.6 is 11.3 Å². The van der Waals surface area contributed by atoms with Gasteiger partial charge < -0.3 is 19.5 Å². The molecule has 1 aromatic heterocycles. The number of morpholine rings is 1. The van der Waals surface area contributed by atoms with E-state index >= 15 is 0 Å². The largest absolute Gasteiger partial charge is 0.495 e. The van der Waals surface area contributed by atoms with Crippen LogP contribution < -0.4 is 10.1 Å². The molecule has 1 aliphatic carbocycles. The summed E-state index contributed by atoms with van der Waals surface area (Å²) in [4.78, 5) is 26.0. The summed E-state index contributed by atoms with van der Waals surface area (Å²) >= 11 is 1.55. The molecule has 0 spiro atoms. The first-order valence-electron chi connectivity index (χ1n) is 10.7. The van der Waals surface area contributed by atoms with E-state index < -0.39 is 28.5 Å². The summed E-state index contributed by atoms with van der Waals surface area (Å²) in [6.07, 6.45) is 3.98. The number of ether oxygens (including phenoxy) is 3. The Morgan fingerprint density at radius 3 is 2.70 bits per heavy atom. The molecule has 1 amide bonds. The second kappa shape index (κ2) is 10.2. The molecule has 0 saturated carbocycles. The maximum absolute atomic E-state index is 13.1. The van der Waals surface area contributed by atoms with Gasteiger partial charge >= 0.3 is 5.97 Å². The van der Waals surface area contributed by atoms with Gasteiger partial charge in [-0.2, -0.15) is 4.31 Å². The van der Waals surface area contributed by atoms with Gasteiger partial charge in [-0.05, 0) is 49.4 Å². The third kappa shape index (κ3) is 5.21.